The summed E-state index contributed by atoms with van der Waals surface area (Å²) in [4.78, 5) is 13.3. The number of hydrogen-bond donors (Lipinski definition) is 1. The second kappa shape index (κ2) is 9.80. The molecule has 4 nitrogen and oxygen atoms in total. The molecule has 4 rings (SSSR count). The van der Waals surface area contributed by atoms with Gasteiger partial charge in [-0.3, -0.25) is 4.79 Å². The standard InChI is InChI=1S/C28H25F3N2O2/c1-18-8-9-21(19(2)14-18)17-33-26(15-25(28(29,30)31)24(16-32)27(33)34)20-10-12-23(13-11-20)35-22-6-4-3-5-7-22/h3-15H,16-17,32H2,1-2H3. The van der Waals surface area contributed by atoms with E-state index in [2.05, 4.69) is 0 Å². The normalized spacial score (nSPS) is 11.5. The van der Waals surface area contributed by atoms with Crippen LogP contribution in [-0.4, -0.2) is 4.57 Å². The number of nitrogens with zero attached hydrogens (tertiary/aromatic N) is 1. The van der Waals surface area contributed by atoms with Crippen LogP contribution in [0.15, 0.2) is 83.7 Å². The fourth-order valence-corrected chi connectivity index (χ4v) is 4.05. The highest BCUT2D eigenvalue weighted by Gasteiger charge is 2.35. The van der Waals surface area contributed by atoms with Crippen LogP contribution < -0.4 is 16.0 Å². The highest BCUT2D eigenvalue weighted by Crippen LogP contribution is 2.34. The van der Waals surface area contributed by atoms with Gasteiger partial charge in [-0.1, -0.05) is 42.0 Å². The molecule has 0 amide bonds. The van der Waals surface area contributed by atoms with Gasteiger partial charge in [-0.05, 0) is 73.0 Å². The van der Waals surface area contributed by atoms with Gasteiger partial charge in [-0.15, -0.1) is 0 Å². The van der Waals surface area contributed by atoms with Crippen molar-refractivity contribution in [2.75, 3.05) is 0 Å². The molecule has 0 radical (unpaired) electrons. The first kappa shape index (κ1) is 24.3. The third kappa shape index (κ3) is 5.30. The van der Waals surface area contributed by atoms with Crippen LogP contribution in [0.2, 0.25) is 0 Å². The number of pyridine rings is 1. The van der Waals surface area contributed by atoms with Crippen molar-refractivity contribution in [2.24, 2.45) is 5.73 Å². The van der Waals surface area contributed by atoms with Crippen molar-refractivity contribution in [3.8, 4) is 22.8 Å². The van der Waals surface area contributed by atoms with Crippen molar-refractivity contribution in [1.29, 1.82) is 0 Å². The van der Waals surface area contributed by atoms with E-state index in [1.807, 2.05) is 50.2 Å². The van der Waals surface area contributed by atoms with Gasteiger partial charge in [0.25, 0.3) is 5.56 Å². The summed E-state index contributed by atoms with van der Waals surface area (Å²) in [5, 5.41) is 0. The van der Waals surface area contributed by atoms with Gasteiger partial charge in [0.2, 0.25) is 0 Å². The van der Waals surface area contributed by atoms with Gasteiger partial charge in [-0.25, -0.2) is 0 Å². The molecular formula is C28H25F3N2O2. The molecule has 0 saturated carbocycles. The van der Waals surface area contributed by atoms with Gasteiger partial charge in [0, 0.05) is 12.1 Å². The lowest BCUT2D eigenvalue weighted by atomic mass is 10.0. The fraction of sp³-hybridized carbons (Fsp3) is 0.179. The molecule has 7 heteroatoms. The molecule has 180 valence electrons. The fourth-order valence-electron chi connectivity index (χ4n) is 4.05. The van der Waals surface area contributed by atoms with Crippen molar-refractivity contribution in [3.63, 3.8) is 0 Å². The summed E-state index contributed by atoms with van der Waals surface area (Å²) in [5.74, 6) is 1.16. The zero-order chi connectivity index (χ0) is 25.2. The highest BCUT2D eigenvalue weighted by molar-refractivity contribution is 5.63. The van der Waals surface area contributed by atoms with E-state index in [1.165, 1.54) is 4.57 Å². The minimum atomic E-state index is -4.71. The first-order chi connectivity index (χ1) is 16.7. The first-order valence-electron chi connectivity index (χ1n) is 11.1. The predicted octanol–water partition coefficient (Wildman–Crippen LogP) is 6.45. The number of aromatic nitrogens is 1. The van der Waals surface area contributed by atoms with E-state index in [0.29, 0.717) is 17.1 Å². The van der Waals surface area contributed by atoms with Crippen LogP contribution in [-0.2, 0) is 19.3 Å². The SMILES string of the molecule is Cc1ccc(Cn2c(-c3ccc(Oc4ccccc4)cc3)cc(C(F)(F)F)c(CN)c2=O)c(C)c1. The van der Waals surface area contributed by atoms with Gasteiger partial charge < -0.3 is 15.0 Å². The number of hydrogen-bond acceptors (Lipinski definition) is 3. The Morgan fingerprint density at radius 2 is 1.54 bits per heavy atom. The van der Waals surface area contributed by atoms with Crippen molar-refractivity contribution >= 4 is 0 Å². The molecule has 0 unspecified atom stereocenters. The van der Waals surface area contributed by atoms with Gasteiger partial charge in [0.15, 0.2) is 0 Å². The Hall–Kier alpha value is -3.84. The Bertz CT molecular complexity index is 1390. The van der Waals surface area contributed by atoms with Crippen LogP contribution in [0.1, 0.15) is 27.8 Å². The zero-order valence-corrected chi connectivity index (χ0v) is 19.4. The minimum absolute atomic E-state index is 0.119. The molecule has 35 heavy (non-hydrogen) atoms. The maximum Gasteiger partial charge on any atom is 0.416 e. The van der Waals surface area contributed by atoms with Crippen LogP contribution in [0.4, 0.5) is 13.2 Å². The quantitative estimate of drug-likeness (QED) is 0.347. The van der Waals surface area contributed by atoms with E-state index in [-0.39, 0.29) is 12.2 Å². The lowest BCUT2D eigenvalue weighted by Crippen LogP contribution is -2.31. The van der Waals surface area contributed by atoms with Crippen molar-refractivity contribution in [2.45, 2.75) is 33.1 Å². The molecule has 0 aliphatic heterocycles. The molecule has 0 bridgehead atoms. The van der Waals surface area contributed by atoms with Crippen LogP contribution in [0.5, 0.6) is 11.5 Å². The average molecular weight is 479 g/mol. The van der Waals surface area contributed by atoms with Gasteiger partial charge in [0.1, 0.15) is 11.5 Å². The lowest BCUT2D eigenvalue weighted by Gasteiger charge is -2.20. The summed E-state index contributed by atoms with van der Waals surface area (Å²) in [5.41, 5.74) is 6.86. The third-order valence-electron chi connectivity index (χ3n) is 5.87. The lowest BCUT2D eigenvalue weighted by molar-refractivity contribution is -0.138. The summed E-state index contributed by atoms with van der Waals surface area (Å²) in [6, 6.07) is 22.6. The third-order valence-corrected chi connectivity index (χ3v) is 5.87. The van der Waals surface area contributed by atoms with E-state index in [4.69, 9.17) is 10.5 Å². The highest BCUT2D eigenvalue weighted by atomic mass is 19.4. The van der Waals surface area contributed by atoms with Crippen molar-refractivity contribution in [1.82, 2.24) is 4.57 Å². The topological polar surface area (TPSA) is 57.2 Å². The van der Waals surface area contributed by atoms with Crippen molar-refractivity contribution < 1.29 is 17.9 Å². The number of alkyl halides is 3. The maximum absolute atomic E-state index is 13.9. The Morgan fingerprint density at radius 1 is 0.886 bits per heavy atom. The summed E-state index contributed by atoms with van der Waals surface area (Å²) in [6.07, 6.45) is -4.71. The number of halogens is 3. The Kier molecular flexibility index (Phi) is 6.80. The van der Waals surface area contributed by atoms with Crippen LogP contribution in [0.3, 0.4) is 0 Å². The van der Waals surface area contributed by atoms with E-state index in [0.717, 1.165) is 22.8 Å². The van der Waals surface area contributed by atoms with Gasteiger partial charge >= 0.3 is 6.18 Å². The second-order valence-corrected chi connectivity index (χ2v) is 8.38. The summed E-state index contributed by atoms with van der Waals surface area (Å²) >= 11 is 0. The summed E-state index contributed by atoms with van der Waals surface area (Å²) < 4.78 is 48.7. The van der Waals surface area contributed by atoms with Crippen LogP contribution in [0, 0.1) is 13.8 Å². The van der Waals surface area contributed by atoms with Crippen LogP contribution >= 0.6 is 0 Å². The molecule has 0 atom stereocenters. The Morgan fingerprint density at radius 3 is 2.14 bits per heavy atom. The smallest absolute Gasteiger partial charge is 0.416 e. The molecule has 4 aromatic rings. The number of rotatable bonds is 6. The Balaban J connectivity index is 1.83. The number of benzene rings is 3. The van der Waals surface area contributed by atoms with E-state index in [1.54, 1.807) is 36.4 Å². The summed E-state index contributed by atoms with van der Waals surface area (Å²) in [7, 11) is 0. The number of aryl methyl sites for hydroxylation is 2. The molecular weight excluding hydrogens is 453 g/mol. The first-order valence-corrected chi connectivity index (χ1v) is 11.1. The molecule has 3 aromatic carbocycles. The molecule has 1 heterocycles. The predicted molar refractivity (Wildman–Crippen MR) is 131 cm³/mol. The monoisotopic (exact) mass is 478 g/mol. The minimum Gasteiger partial charge on any atom is -0.457 e. The van der Waals surface area contributed by atoms with E-state index < -0.39 is 29.4 Å². The molecule has 0 spiro atoms. The number of para-hydroxylation sites is 1. The number of nitrogens with two attached hydrogens (primary N) is 1. The molecule has 0 saturated heterocycles. The molecule has 2 N–H and O–H groups in total. The number of ether oxygens (including phenoxy) is 1. The molecule has 0 aliphatic rings. The zero-order valence-electron chi connectivity index (χ0n) is 19.4. The van der Waals surface area contributed by atoms with Gasteiger partial charge in [0.05, 0.1) is 17.8 Å². The molecule has 0 fully saturated rings. The largest absolute Gasteiger partial charge is 0.457 e. The second-order valence-electron chi connectivity index (χ2n) is 8.38. The molecule has 0 aliphatic carbocycles. The Labute approximate surface area is 201 Å². The van der Waals surface area contributed by atoms with Crippen LogP contribution in [0.25, 0.3) is 11.3 Å². The van der Waals surface area contributed by atoms with E-state index >= 15 is 0 Å². The van der Waals surface area contributed by atoms with Crippen molar-refractivity contribution in [3.05, 3.63) is 117 Å². The summed E-state index contributed by atoms with van der Waals surface area (Å²) in [6.45, 7) is 3.48. The maximum atomic E-state index is 13.9. The van der Waals surface area contributed by atoms with Gasteiger partial charge in [-0.2, -0.15) is 13.2 Å². The van der Waals surface area contributed by atoms with E-state index in [9.17, 15) is 18.0 Å². The average Bonchev–Trinajstić information content (AvgIpc) is 2.82. The molecule has 1 aromatic heterocycles.